The Bertz CT molecular complexity index is 658. The van der Waals surface area contributed by atoms with Crippen molar-refractivity contribution >= 4 is 6.03 Å². The number of rotatable bonds is 3. The molecule has 3 N–H and O–H groups in total. The van der Waals surface area contributed by atoms with Crippen LogP contribution in [0.25, 0.3) is 0 Å². The molecule has 0 aliphatic heterocycles. The highest BCUT2D eigenvalue weighted by Crippen LogP contribution is 2.42. The number of hydroxylamine groups is 2. The summed E-state index contributed by atoms with van der Waals surface area (Å²) in [5.74, 6) is 1.35. The van der Waals surface area contributed by atoms with Crippen LogP contribution in [0.15, 0.2) is 48.5 Å². The van der Waals surface area contributed by atoms with Gasteiger partial charge in [-0.15, -0.1) is 0 Å². The van der Waals surface area contributed by atoms with E-state index in [9.17, 15) is 10.0 Å². The Labute approximate surface area is 122 Å². The Morgan fingerprint density at radius 1 is 1.19 bits per heavy atom. The summed E-state index contributed by atoms with van der Waals surface area (Å²) in [6, 6.07) is 13.8. The second kappa shape index (κ2) is 5.46. The minimum absolute atomic E-state index is 0.461. The predicted octanol–water partition coefficient (Wildman–Crippen LogP) is 3.24. The van der Waals surface area contributed by atoms with Gasteiger partial charge in [0, 0.05) is 5.56 Å². The molecular weight excluding hydrogens is 268 g/mol. The molecule has 0 fully saturated rings. The number of amides is 2. The average molecular weight is 284 g/mol. The molecule has 0 heterocycles. The van der Waals surface area contributed by atoms with Gasteiger partial charge < -0.3 is 10.5 Å². The number of ether oxygens (including phenoxy) is 1. The molecule has 0 spiro atoms. The first-order chi connectivity index (χ1) is 10.2. The van der Waals surface area contributed by atoms with Crippen molar-refractivity contribution < 1.29 is 14.7 Å². The molecule has 2 aromatic rings. The maximum atomic E-state index is 11.2. The van der Waals surface area contributed by atoms with Crippen molar-refractivity contribution in [2.75, 3.05) is 0 Å². The standard InChI is InChI=1S/C16H16N2O3/c17-16(19)18(20)13-10-9-11-5-4-8-14(15(11)13)21-12-6-2-1-3-7-12/h1-8,13,20H,9-10H2,(H2,17,19). The highest BCUT2D eigenvalue weighted by atomic mass is 16.5. The molecule has 3 rings (SSSR count). The van der Waals surface area contributed by atoms with Crippen LogP contribution in [0.1, 0.15) is 23.6 Å². The topological polar surface area (TPSA) is 75.8 Å². The van der Waals surface area contributed by atoms with Gasteiger partial charge in [0.2, 0.25) is 0 Å². The fraction of sp³-hybridized carbons (Fsp3) is 0.188. The molecule has 2 amide bonds. The molecule has 1 aliphatic rings. The highest BCUT2D eigenvalue weighted by molar-refractivity contribution is 5.71. The van der Waals surface area contributed by atoms with Crippen LogP contribution in [0.3, 0.4) is 0 Å². The number of nitrogens with zero attached hydrogens (tertiary/aromatic N) is 1. The van der Waals surface area contributed by atoms with Gasteiger partial charge in [0.15, 0.2) is 0 Å². The molecule has 1 aliphatic carbocycles. The summed E-state index contributed by atoms with van der Waals surface area (Å²) in [6.45, 7) is 0. The first kappa shape index (κ1) is 13.5. The van der Waals surface area contributed by atoms with E-state index < -0.39 is 12.1 Å². The third-order valence-corrected chi connectivity index (χ3v) is 3.67. The highest BCUT2D eigenvalue weighted by Gasteiger charge is 2.32. The third kappa shape index (κ3) is 2.55. The van der Waals surface area contributed by atoms with Gasteiger partial charge in [-0.3, -0.25) is 5.21 Å². The third-order valence-electron chi connectivity index (χ3n) is 3.67. The van der Waals surface area contributed by atoms with Gasteiger partial charge >= 0.3 is 6.03 Å². The summed E-state index contributed by atoms with van der Waals surface area (Å²) in [5.41, 5.74) is 7.06. The average Bonchev–Trinajstić information content (AvgIpc) is 2.92. The van der Waals surface area contributed by atoms with E-state index in [4.69, 9.17) is 10.5 Å². The summed E-state index contributed by atoms with van der Waals surface area (Å²) in [6.07, 6.45) is 1.40. The lowest BCUT2D eigenvalue weighted by Gasteiger charge is -2.22. The van der Waals surface area contributed by atoms with Gasteiger partial charge in [-0.25, -0.2) is 4.79 Å². The van der Waals surface area contributed by atoms with Crippen molar-refractivity contribution in [1.29, 1.82) is 0 Å². The number of carbonyl (C=O) groups excluding carboxylic acids is 1. The fourth-order valence-electron chi connectivity index (χ4n) is 2.72. The van der Waals surface area contributed by atoms with E-state index in [2.05, 4.69) is 0 Å². The Morgan fingerprint density at radius 3 is 2.67 bits per heavy atom. The van der Waals surface area contributed by atoms with Crippen molar-refractivity contribution in [3.05, 3.63) is 59.7 Å². The van der Waals surface area contributed by atoms with Gasteiger partial charge in [-0.2, -0.15) is 5.06 Å². The van der Waals surface area contributed by atoms with Gasteiger partial charge in [0.1, 0.15) is 11.5 Å². The van der Waals surface area contributed by atoms with Gasteiger partial charge in [-0.1, -0.05) is 30.3 Å². The Kier molecular flexibility index (Phi) is 3.50. The number of hydrogen-bond acceptors (Lipinski definition) is 3. The van der Waals surface area contributed by atoms with E-state index in [1.165, 1.54) is 0 Å². The van der Waals surface area contributed by atoms with Crippen LogP contribution in [0.2, 0.25) is 0 Å². The molecule has 0 radical (unpaired) electrons. The van der Waals surface area contributed by atoms with Crippen LogP contribution in [-0.4, -0.2) is 16.3 Å². The second-order valence-electron chi connectivity index (χ2n) is 4.98. The molecule has 0 bridgehead atoms. The number of urea groups is 1. The van der Waals surface area contributed by atoms with E-state index in [1.54, 1.807) is 0 Å². The molecule has 0 saturated heterocycles. The number of aryl methyl sites for hydroxylation is 1. The van der Waals surface area contributed by atoms with Crippen LogP contribution in [0.5, 0.6) is 11.5 Å². The molecule has 21 heavy (non-hydrogen) atoms. The summed E-state index contributed by atoms with van der Waals surface area (Å²) in [5, 5.41) is 10.5. The van der Waals surface area contributed by atoms with Crippen LogP contribution in [-0.2, 0) is 6.42 Å². The van der Waals surface area contributed by atoms with E-state index in [-0.39, 0.29) is 0 Å². The van der Waals surface area contributed by atoms with Gasteiger partial charge in [0.05, 0.1) is 6.04 Å². The number of carbonyl (C=O) groups is 1. The first-order valence-corrected chi connectivity index (χ1v) is 6.79. The van der Waals surface area contributed by atoms with E-state index in [0.717, 1.165) is 17.5 Å². The van der Waals surface area contributed by atoms with Crippen molar-refractivity contribution in [2.24, 2.45) is 5.73 Å². The van der Waals surface area contributed by atoms with Crippen molar-refractivity contribution in [3.8, 4) is 11.5 Å². The van der Waals surface area contributed by atoms with Crippen LogP contribution < -0.4 is 10.5 Å². The Hall–Kier alpha value is -2.53. The van der Waals surface area contributed by atoms with Crippen molar-refractivity contribution in [1.82, 2.24) is 5.06 Å². The second-order valence-corrected chi connectivity index (χ2v) is 4.98. The molecule has 108 valence electrons. The van der Waals surface area contributed by atoms with Crippen molar-refractivity contribution in [2.45, 2.75) is 18.9 Å². The van der Waals surface area contributed by atoms with E-state index in [0.29, 0.717) is 23.0 Å². The largest absolute Gasteiger partial charge is 0.457 e. The van der Waals surface area contributed by atoms with Crippen LogP contribution >= 0.6 is 0 Å². The summed E-state index contributed by atoms with van der Waals surface area (Å²) in [7, 11) is 0. The fourth-order valence-corrected chi connectivity index (χ4v) is 2.72. The number of fused-ring (bicyclic) bond motifs is 1. The minimum atomic E-state index is -0.859. The number of primary amides is 1. The van der Waals surface area contributed by atoms with Gasteiger partial charge in [-0.05, 0) is 36.6 Å². The number of hydrogen-bond donors (Lipinski definition) is 2. The van der Waals surface area contributed by atoms with E-state index in [1.807, 2.05) is 48.5 Å². The van der Waals surface area contributed by atoms with Crippen LogP contribution in [0.4, 0.5) is 4.79 Å². The SMILES string of the molecule is NC(=O)N(O)C1CCc2cccc(Oc3ccccc3)c21. The quantitative estimate of drug-likeness (QED) is 0.671. The molecule has 1 unspecified atom stereocenters. The molecule has 0 saturated carbocycles. The number of nitrogens with two attached hydrogens (primary N) is 1. The maximum Gasteiger partial charge on any atom is 0.339 e. The lowest BCUT2D eigenvalue weighted by atomic mass is 10.1. The summed E-state index contributed by atoms with van der Waals surface area (Å²) < 4.78 is 5.89. The normalized spacial score (nSPS) is 16.3. The molecule has 1 atom stereocenters. The number of benzene rings is 2. The van der Waals surface area contributed by atoms with Crippen molar-refractivity contribution in [3.63, 3.8) is 0 Å². The lowest BCUT2D eigenvalue weighted by molar-refractivity contribution is -0.0761. The Balaban J connectivity index is 1.97. The predicted molar refractivity (Wildman–Crippen MR) is 77.2 cm³/mol. The number of para-hydroxylation sites is 1. The molecule has 2 aromatic carbocycles. The zero-order valence-corrected chi connectivity index (χ0v) is 11.4. The smallest absolute Gasteiger partial charge is 0.339 e. The molecular formula is C16H16N2O3. The lowest BCUT2D eigenvalue weighted by Crippen LogP contribution is -2.35. The minimum Gasteiger partial charge on any atom is -0.457 e. The Morgan fingerprint density at radius 2 is 1.95 bits per heavy atom. The zero-order valence-electron chi connectivity index (χ0n) is 11.4. The van der Waals surface area contributed by atoms with Gasteiger partial charge in [0.25, 0.3) is 0 Å². The zero-order chi connectivity index (χ0) is 14.8. The molecule has 5 nitrogen and oxygen atoms in total. The van der Waals surface area contributed by atoms with E-state index >= 15 is 0 Å². The molecule has 5 heteroatoms. The summed E-state index contributed by atoms with van der Waals surface area (Å²) >= 11 is 0. The summed E-state index contributed by atoms with van der Waals surface area (Å²) in [4.78, 5) is 11.2. The van der Waals surface area contributed by atoms with Crippen LogP contribution in [0, 0.1) is 0 Å². The monoisotopic (exact) mass is 284 g/mol. The maximum absolute atomic E-state index is 11.2. The first-order valence-electron chi connectivity index (χ1n) is 6.79. The molecule has 0 aromatic heterocycles.